The summed E-state index contributed by atoms with van der Waals surface area (Å²) >= 11 is 0. The van der Waals surface area contributed by atoms with Gasteiger partial charge in [0.15, 0.2) is 0 Å². The maximum Gasteiger partial charge on any atom is 0.237 e. The van der Waals surface area contributed by atoms with Gasteiger partial charge in [0.25, 0.3) is 0 Å². The van der Waals surface area contributed by atoms with E-state index in [2.05, 4.69) is 31.6 Å². The third-order valence-electron chi connectivity index (χ3n) is 6.38. The van der Waals surface area contributed by atoms with Gasteiger partial charge in [0.1, 0.15) is 11.5 Å². The third kappa shape index (κ3) is 4.41. The van der Waals surface area contributed by atoms with Gasteiger partial charge in [-0.3, -0.25) is 15.0 Å². The molecule has 168 valence electrons. The maximum absolute atomic E-state index is 12.8. The second kappa shape index (κ2) is 8.88. The van der Waals surface area contributed by atoms with Gasteiger partial charge in [-0.1, -0.05) is 6.07 Å². The summed E-state index contributed by atoms with van der Waals surface area (Å²) in [6, 6.07) is 5.84. The molecule has 2 aliphatic rings. The van der Waals surface area contributed by atoms with E-state index in [1.165, 1.54) is 0 Å². The average molecular weight is 428 g/mol. The molecule has 1 spiro atoms. The molecule has 0 radical (unpaired) electrons. The first-order valence-electron chi connectivity index (χ1n) is 11.0. The Labute approximate surface area is 183 Å². The van der Waals surface area contributed by atoms with Crippen LogP contribution in [0.2, 0.25) is 0 Å². The molecular formula is C23H33N5O3. The average Bonchev–Trinajstić information content (AvgIpc) is 3.25. The highest BCUT2D eigenvalue weighted by Crippen LogP contribution is 2.38. The smallest absolute Gasteiger partial charge is 0.237 e. The number of aromatic nitrogens is 2. The molecular weight excluding hydrogens is 394 g/mol. The lowest BCUT2D eigenvalue weighted by Gasteiger charge is -2.46. The van der Waals surface area contributed by atoms with Crippen molar-refractivity contribution < 1.29 is 14.3 Å². The molecule has 4 rings (SSSR count). The molecule has 2 aliphatic heterocycles. The lowest BCUT2D eigenvalue weighted by molar-refractivity contribution is -0.124. The SMILES string of the molecule is COc1ccc(CN2CCC3(CC2)N[C@H](C(=O)NC(C)C)Cc2[nH]cnc23)c(OC)c1. The number of methoxy groups -OCH3 is 2. The Morgan fingerprint density at radius 2 is 2.06 bits per heavy atom. The zero-order valence-electron chi connectivity index (χ0n) is 18.8. The van der Waals surface area contributed by atoms with Crippen molar-refractivity contribution >= 4 is 5.91 Å². The molecule has 3 heterocycles. The molecule has 1 fully saturated rings. The number of rotatable bonds is 6. The molecule has 0 bridgehead atoms. The summed E-state index contributed by atoms with van der Waals surface area (Å²) in [7, 11) is 3.35. The van der Waals surface area contributed by atoms with Crippen molar-refractivity contribution in [3.05, 3.63) is 41.5 Å². The Morgan fingerprint density at radius 3 is 2.74 bits per heavy atom. The van der Waals surface area contributed by atoms with Crippen molar-refractivity contribution in [2.24, 2.45) is 0 Å². The number of fused-ring (bicyclic) bond motifs is 2. The van der Waals surface area contributed by atoms with E-state index in [9.17, 15) is 4.79 Å². The van der Waals surface area contributed by atoms with Crippen molar-refractivity contribution in [1.29, 1.82) is 0 Å². The topological polar surface area (TPSA) is 91.5 Å². The zero-order chi connectivity index (χ0) is 22.0. The van der Waals surface area contributed by atoms with E-state index in [-0.39, 0.29) is 23.5 Å². The highest BCUT2D eigenvalue weighted by atomic mass is 16.5. The van der Waals surface area contributed by atoms with Crippen LogP contribution < -0.4 is 20.1 Å². The zero-order valence-corrected chi connectivity index (χ0v) is 18.8. The summed E-state index contributed by atoms with van der Waals surface area (Å²) in [6.07, 6.45) is 4.19. The standard InChI is InChI=1S/C23H33N5O3/c1-15(2)26-22(29)19-12-18-21(25-14-24-18)23(27-19)7-9-28(10-8-23)13-16-5-6-17(30-3)11-20(16)31-4/h5-6,11,14-15,19,27H,7-10,12-13H2,1-4H3,(H,24,25)(H,26,29)/t19-/m0/s1. The number of nitrogens with zero attached hydrogens (tertiary/aromatic N) is 2. The summed E-state index contributed by atoms with van der Waals surface area (Å²) < 4.78 is 10.9. The molecule has 1 aromatic carbocycles. The van der Waals surface area contributed by atoms with Crippen molar-refractivity contribution in [3.63, 3.8) is 0 Å². The molecule has 8 nitrogen and oxygen atoms in total. The number of likely N-dealkylation sites (tertiary alicyclic amines) is 1. The van der Waals surface area contributed by atoms with Gasteiger partial charge >= 0.3 is 0 Å². The number of nitrogens with one attached hydrogen (secondary N) is 3. The maximum atomic E-state index is 12.8. The molecule has 0 saturated carbocycles. The molecule has 1 amide bonds. The quantitative estimate of drug-likeness (QED) is 0.653. The van der Waals surface area contributed by atoms with Crippen LogP contribution in [0, 0.1) is 0 Å². The summed E-state index contributed by atoms with van der Waals surface area (Å²) in [4.78, 5) is 23.1. The van der Waals surface area contributed by atoms with Gasteiger partial charge in [-0.2, -0.15) is 0 Å². The Morgan fingerprint density at radius 1 is 1.29 bits per heavy atom. The molecule has 3 N–H and O–H groups in total. The van der Waals surface area contributed by atoms with Crippen LogP contribution >= 0.6 is 0 Å². The van der Waals surface area contributed by atoms with Crippen molar-refractivity contribution in [3.8, 4) is 11.5 Å². The molecule has 1 saturated heterocycles. The van der Waals surface area contributed by atoms with Gasteiger partial charge < -0.3 is 19.8 Å². The van der Waals surface area contributed by atoms with Crippen molar-refractivity contribution in [1.82, 2.24) is 25.5 Å². The molecule has 1 aromatic heterocycles. The Bertz CT molecular complexity index is 918. The van der Waals surface area contributed by atoms with Crippen LogP contribution in [-0.4, -0.2) is 60.2 Å². The molecule has 31 heavy (non-hydrogen) atoms. The number of aromatic amines is 1. The van der Waals surface area contributed by atoms with E-state index in [0.717, 1.165) is 60.9 Å². The van der Waals surface area contributed by atoms with E-state index in [0.29, 0.717) is 6.42 Å². The lowest BCUT2D eigenvalue weighted by Crippen LogP contribution is -2.61. The van der Waals surface area contributed by atoms with E-state index in [4.69, 9.17) is 9.47 Å². The number of H-pyrrole nitrogens is 1. The monoisotopic (exact) mass is 427 g/mol. The van der Waals surface area contributed by atoms with Gasteiger partial charge in [0.05, 0.1) is 37.8 Å². The van der Waals surface area contributed by atoms with Crippen LogP contribution in [0.15, 0.2) is 24.5 Å². The minimum atomic E-state index is -0.271. The van der Waals surface area contributed by atoms with Crippen LogP contribution in [0.5, 0.6) is 11.5 Å². The first-order valence-corrected chi connectivity index (χ1v) is 11.0. The Hall–Kier alpha value is -2.58. The number of carbonyl (C=O) groups excluding carboxylic acids is 1. The minimum Gasteiger partial charge on any atom is -0.497 e. The molecule has 0 unspecified atom stereocenters. The lowest BCUT2D eigenvalue weighted by atomic mass is 9.78. The number of amides is 1. The predicted octanol–water partition coefficient (Wildman–Crippen LogP) is 1.96. The third-order valence-corrected chi connectivity index (χ3v) is 6.38. The summed E-state index contributed by atoms with van der Waals surface area (Å²) in [5.74, 6) is 1.69. The van der Waals surface area contributed by atoms with Gasteiger partial charge in [0.2, 0.25) is 5.91 Å². The molecule has 2 aromatic rings. The van der Waals surface area contributed by atoms with Crippen LogP contribution in [0.1, 0.15) is 43.6 Å². The minimum absolute atomic E-state index is 0.0556. The molecule has 0 aliphatic carbocycles. The second-order valence-electron chi connectivity index (χ2n) is 8.83. The van der Waals surface area contributed by atoms with Crippen molar-refractivity contribution in [2.75, 3.05) is 27.3 Å². The van der Waals surface area contributed by atoms with Crippen LogP contribution in [0.3, 0.4) is 0 Å². The Kier molecular flexibility index (Phi) is 6.20. The summed E-state index contributed by atoms with van der Waals surface area (Å²) in [5, 5.41) is 6.73. The second-order valence-corrected chi connectivity index (χ2v) is 8.83. The Balaban J connectivity index is 1.47. The van der Waals surface area contributed by atoms with Gasteiger partial charge in [-0.15, -0.1) is 0 Å². The first-order chi connectivity index (χ1) is 14.9. The van der Waals surface area contributed by atoms with Crippen LogP contribution in [0.25, 0.3) is 0 Å². The number of piperidine rings is 1. The number of ether oxygens (including phenoxy) is 2. The van der Waals surface area contributed by atoms with Crippen molar-refractivity contribution in [2.45, 2.75) is 57.3 Å². The largest absolute Gasteiger partial charge is 0.497 e. The van der Waals surface area contributed by atoms with Gasteiger partial charge in [-0.05, 0) is 32.8 Å². The van der Waals surface area contributed by atoms with E-state index < -0.39 is 0 Å². The highest BCUT2D eigenvalue weighted by molar-refractivity contribution is 5.82. The number of imidazole rings is 1. The fourth-order valence-corrected chi connectivity index (χ4v) is 4.79. The van der Waals surface area contributed by atoms with E-state index in [1.54, 1.807) is 20.5 Å². The van der Waals surface area contributed by atoms with Crippen LogP contribution in [0.4, 0.5) is 0 Å². The normalized spacial score (nSPS) is 20.5. The number of hydrogen-bond acceptors (Lipinski definition) is 6. The fourth-order valence-electron chi connectivity index (χ4n) is 4.79. The fraction of sp³-hybridized carbons (Fsp3) is 0.565. The molecule has 1 atom stereocenters. The first kappa shape index (κ1) is 21.6. The summed E-state index contributed by atoms with van der Waals surface area (Å²) in [6.45, 7) is 6.61. The van der Waals surface area contributed by atoms with Gasteiger partial charge in [0, 0.05) is 49.4 Å². The predicted molar refractivity (Wildman–Crippen MR) is 118 cm³/mol. The van der Waals surface area contributed by atoms with E-state index >= 15 is 0 Å². The highest BCUT2D eigenvalue weighted by Gasteiger charge is 2.45. The number of carbonyl (C=O) groups is 1. The van der Waals surface area contributed by atoms with Gasteiger partial charge in [-0.25, -0.2) is 4.98 Å². The van der Waals surface area contributed by atoms with E-state index in [1.807, 2.05) is 26.0 Å². The van der Waals surface area contributed by atoms with Crippen LogP contribution in [-0.2, 0) is 23.3 Å². The number of benzene rings is 1. The summed E-state index contributed by atoms with van der Waals surface area (Å²) in [5.41, 5.74) is 3.02. The number of hydrogen-bond donors (Lipinski definition) is 3. The molecule has 8 heteroatoms.